The summed E-state index contributed by atoms with van der Waals surface area (Å²) in [6.45, 7) is 2.72. The third kappa shape index (κ3) is 1.45. The summed E-state index contributed by atoms with van der Waals surface area (Å²) in [6, 6.07) is 0.779. The van der Waals surface area contributed by atoms with Gasteiger partial charge in [-0.3, -0.25) is 0 Å². The van der Waals surface area contributed by atoms with Crippen LogP contribution in [0.5, 0.6) is 0 Å². The van der Waals surface area contributed by atoms with E-state index in [9.17, 15) is 5.11 Å². The summed E-state index contributed by atoms with van der Waals surface area (Å²) in [4.78, 5) is 0. The minimum Gasteiger partial charge on any atom is -0.392 e. The molecular weight excluding hydrogens is 186 g/mol. The van der Waals surface area contributed by atoms with E-state index in [1.165, 1.54) is 56.1 Å². The van der Waals surface area contributed by atoms with Crippen molar-refractivity contribution < 1.29 is 9.59 Å². The van der Waals surface area contributed by atoms with E-state index in [0.29, 0.717) is 11.8 Å². The van der Waals surface area contributed by atoms with Gasteiger partial charge in [-0.15, -0.1) is 0 Å². The van der Waals surface area contributed by atoms with Crippen LogP contribution in [0, 0.1) is 11.8 Å². The van der Waals surface area contributed by atoms with Crippen LogP contribution < -0.4 is 0 Å². The highest BCUT2D eigenvalue weighted by Gasteiger charge is 2.51. The molecule has 86 valence electrons. The van der Waals surface area contributed by atoms with Gasteiger partial charge in [0, 0.05) is 25.2 Å². The molecular formula is C13H24NO+. The Hall–Kier alpha value is -0.0800. The predicted octanol–water partition coefficient (Wildman–Crippen LogP) is 1.78. The summed E-state index contributed by atoms with van der Waals surface area (Å²) >= 11 is 0. The van der Waals surface area contributed by atoms with E-state index in [2.05, 4.69) is 7.05 Å². The molecule has 1 heterocycles. The molecule has 15 heavy (non-hydrogen) atoms. The maximum atomic E-state index is 10.2. The molecule has 4 atom stereocenters. The van der Waals surface area contributed by atoms with E-state index in [-0.39, 0.29) is 6.10 Å². The Kier molecular flexibility index (Phi) is 2.33. The number of hydrogen-bond donors (Lipinski definition) is 1. The number of rotatable bonds is 1. The Balaban J connectivity index is 1.81. The maximum Gasteiger partial charge on any atom is 0.0941 e. The lowest BCUT2D eigenvalue weighted by Gasteiger charge is -2.45. The Morgan fingerprint density at radius 3 is 2.40 bits per heavy atom. The molecule has 1 saturated heterocycles. The third-order valence-corrected chi connectivity index (χ3v) is 5.51. The normalized spacial score (nSPS) is 48.4. The summed E-state index contributed by atoms with van der Waals surface area (Å²) < 4.78 is 1.27. The van der Waals surface area contributed by atoms with Gasteiger partial charge in [0.25, 0.3) is 0 Å². The van der Waals surface area contributed by atoms with Gasteiger partial charge in [-0.1, -0.05) is 0 Å². The second kappa shape index (κ2) is 3.46. The molecule has 3 aliphatic rings. The number of aliphatic hydroxyl groups is 1. The number of hydrogen-bond acceptors (Lipinski definition) is 1. The molecule has 2 saturated carbocycles. The zero-order chi connectivity index (χ0) is 10.5. The van der Waals surface area contributed by atoms with Crippen molar-refractivity contribution in [3.63, 3.8) is 0 Å². The first-order valence-corrected chi connectivity index (χ1v) is 6.73. The first kappa shape index (κ1) is 10.1. The fourth-order valence-electron chi connectivity index (χ4n) is 4.60. The molecule has 0 spiro atoms. The summed E-state index contributed by atoms with van der Waals surface area (Å²) in [7, 11) is 2.43. The van der Waals surface area contributed by atoms with Gasteiger partial charge in [0.1, 0.15) is 0 Å². The van der Waals surface area contributed by atoms with Gasteiger partial charge >= 0.3 is 0 Å². The largest absolute Gasteiger partial charge is 0.392 e. The van der Waals surface area contributed by atoms with E-state index in [4.69, 9.17) is 0 Å². The Morgan fingerprint density at radius 2 is 1.67 bits per heavy atom. The van der Waals surface area contributed by atoms with Gasteiger partial charge in [-0.25, -0.2) is 0 Å². The van der Waals surface area contributed by atoms with Crippen LogP contribution in [0.2, 0.25) is 0 Å². The monoisotopic (exact) mass is 210 g/mol. The molecule has 3 fully saturated rings. The number of nitrogens with zero attached hydrogens (tertiary/aromatic N) is 1. The third-order valence-electron chi connectivity index (χ3n) is 5.51. The molecule has 0 unspecified atom stereocenters. The summed E-state index contributed by atoms with van der Waals surface area (Å²) in [6.07, 6.45) is 8.10. The van der Waals surface area contributed by atoms with Crippen molar-refractivity contribution in [2.45, 2.75) is 50.7 Å². The zero-order valence-electron chi connectivity index (χ0n) is 9.86. The molecule has 2 aliphatic carbocycles. The minimum atomic E-state index is 0.0410. The molecule has 0 amide bonds. The number of fused-ring (bicyclic) bond motifs is 2. The van der Waals surface area contributed by atoms with Crippen molar-refractivity contribution >= 4 is 0 Å². The van der Waals surface area contributed by atoms with E-state index >= 15 is 0 Å². The van der Waals surface area contributed by atoms with Gasteiger partial charge in [0.05, 0.1) is 32.3 Å². The van der Waals surface area contributed by atoms with Gasteiger partial charge in [-0.05, 0) is 25.2 Å². The molecule has 2 heteroatoms. The molecule has 0 aromatic heterocycles. The van der Waals surface area contributed by atoms with Crippen LogP contribution >= 0.6 is 0 Å². The smallest absolute Gasteiger partial charge is 0.0941 e. The number of likely N-dealkylation sites (tertiary alicyclic amines) is 1. The SMILES string of the molecule is C[N+]1([C@@H]2CC[C@H]3CC[C@H]2[C@@H]3O)CCCC1. The van der Waals surface area contributed by atoms with E-state index < -0.39 is 0 Å². The molecule has 0 aromatic rings. The molecule has 0 radical (unpaired) electrons. The lowest BCUT2D eigenvalue weighted by atomic mass is 9.80. The number of aliphatic hydroxyl groups excluding tert-OH is 1. The highest BCUT2D eigenvalue weighted by molar-refractivity contribution is 4.94. The summed E-state index contributed by atoms with van der Waals surface area (Å²) in [5, 5.41) is 10.2. The molecule has 1 aliphatic heterocycles. The van der Waals surface area contributed by atoms with E-state index in [1.54, 1.807) is 0 Å². The molecule has 0 aromatic carbocycles. The predicted molar refractivity (Wildman–Crippen MR) is 60.4 cm³/mol. The first-order chi connectivity index (χ1) is 7.21. The van der Waals surface area contributed by atoms with Gasteiger partial charge in [0.15, 0.2) is 0 Å². The fraction of sp³-hybridized carbons (Fsp3) is 1.00. The topological polar surface area (TPSA) is 20.2 Å². The average Bonchev–Trinajstić information content (AvgIpc) is 2.72. The number of quaternary nitrogens is 1. The average molecular weight is 210 g/mol. The van der Waals surface area contributed by atoms with E-state index in [1.807, 2.05) is 0 Å². The zero-order valence-corrected chi connectivity index (χ0v) is 9.86. The molecule has 2 bridgehead atoms. The van der Waals surface area contributed by atoms with Gasteiger partial charge in [-0.2, -0.15) is 0 Å². The lowest BCUT2D eigenvalue weighted by Crippen LogP contribution is -2.56. The van der Waals surface area contributed by atoms with Crippen LogP contribution in [-0.2, 0) is 0 Å². The second-order valence-electron chi connectivity index (χ2n) is 6.27. The Labute approximate surface area is 92.9 Å². The first-order valence-electron chi connectivity index (χ1n) is 6.73. The Morgan fingerprint density at radius 1 is 1.00 bits per heavy atom. The van der Waals surface area contributed by atoms with Crippen molar-refractivity contribution in [3.05, 3.63) is 0 Å². The van der Waals surface area contributed by atoms with Crippen LogP contribution in [-0.4, -0.2) is 41.9 Å². The highest BCUT2D eigenvalue weighted by atomic mass is 16.3. The summed E-state index contributed by atoms with van der Waals surface area (Å²) in [5.74, 6) is 1.28. The Bertz CT molecular complexity index is 247. The molecule has 3 rings (SSSR count). The second-order valence-corrected chi connectivity index (χ2v) is 6.27. The van der Waals surface area contributed by atoms with Crippen LogP contribution in [0.3, 0.4) is 0 Å². The van der Waals surface area contributed by atoms with Crippen molar-refractivity contribution in [1.29, 1.82) is 0 Å². The van der Waals surface area contributed by atoms with Crippen LogP contribution in [0.15, 0.2) is 0 Å². The van der Waals surface area contributed by atoms with E-state index in [0.717, 1.165) is 6.04 Å². The highest BCUT2D eigenvalue weighted by Crippen LogP contribution is 2.46. The standard InChI is InChI=1S/C13H24NO/c1-14(8-2-3-9-14)12-7-5-10-4-6-11(12)13(10)15/h10-13,15H,2-9H2,1H3/q+1/t10-,11-,12-,13-/m1/s1. The fourth-order valence-corrected chi connectivity index (χ4v) is 4.60. The maximum absolute atomic E-state index is 10.2. The van der Waals surface area contributed by atoms with Crippen LogP contribution in [0.1, 0.15) is 38.5 Å². The summed E-state index contributed by atoms with van der Waals surface area (Å²) in [5.41, 5.74) is 0. The van der Waals surface area contributed by atoms with Gasteiger partial charge in [0.2, 0.25) is 0 Å². The van der Waals surface area contributed by atoms with Gasteiger partial charge < -0.3 is 9.59 Å². The lowest BCUT2D eigenvalue weighted by molar-refractivity contribution is -0.927. The molecule has 1 N–H and O–H groups in total. The van der Waals surface area contributed by atoms with Crippen molar-refractivity contribution in [2.75, 3.05) is 20.1 Å². The van der Waals surface area contributed by atoms with Crippen LogP contribution in [0.4, 0.5) is 0 Å². The quantitative estimate of drug-likeness (QED) is 0.654. The van der Waals surface area contributed by atoms with Crippen molar-refractivity contribution in [3.8, 4) is 0 Å². The minimum absolute atomic E-state index is 0.0410. The molecule has 2 nitrogen and oxygen atoms in total. The van der Waals surface area contributed by atoms with Crippen molar-refractivity contribution in [1.82, 2.24) is 0 Å². The van der Waals surface area contributed by atoms with Crippen molar-refractivity contribution in [2.24, 2.45) is 11.8 Å². The van der Waals surface area contributed by atoms with Crippen LogP contribution in [0.25, 0.3) is 0 Å².